The zero-order valence-corrected chi connectivity index (χ0v) is 11.5. The van der Waals surface area contributed by atoms with Crippen molar-refractivity contribution < 1.29 is 8.78 Å². The lowest BCUT2D eigenvalue weighted by atomic mass is 9.68. The molecular formula is C13H28F2. The summed E-state index contributed by atoms with van der Waals surface area (Å²) in [5.41, 5.74) is -0.179. The van der Waals surface area contributed by atoms with Crippen molar-refractivity contribution in [2.45, 2.75) is 73.7 Å². The van der Waals surface area contributed by atoms with Crippen LogP contribution >= 0.6 is 0 Å². The molecule has 0 nitrogen and oxygen atoms in total. The van der Waals surface area contributed by atoms with Crippen molar-refractivity contribution >= 4 is 0 Å². The number of hydrogen-bond donors (Lipinski definition) is 0. The van der Waals surface area contributed by atoms with Gasteiger partial charge in [-0.2, -0.15) is 0 Å². The van der Waals surface area contributed by atoms with E-state index < -0.39 is 5.92 Å². The van der Waals surface area contributed by atoms with Crippen molar-refractivity contribution in [1.82, 2.24) is 0 Å². The van der Waals surface area contributed by atoms with Gasteiger partial charge in [0.2, 0.25) is 5.92 Å². The fraction of sp³-hybridized carbons (Fsp3) is 1.00. The molecule has 1 unspecified atom stereocenters. The van der Waals surface area contributed by atoms with Crippen LogP contribution in [0, 0.1) is 11.3 Å². The van der Waals surface area contributed by atoms with E-state index in [0.717, 1.165) is 0 Å². The average Bonchev–Trinajstić information content (AvgIpc) is 2.17. The second kappa shape index (κ2) is 7.19. The fourth-order valence-electron chi connectivity index (χ4n) is 1.75. The van der Waals surface area contributed by atoms with Crippen LogP contribution in [0.3, 0.4) is 0 Å². The molecule has 0 aromatic carbocycles. The van der Waals surface area contributed by atoms with Crippen LogP contribution in [-0.2, 0) is 0 Å². The highest BCUT2D eigenvalue weighted by molar-refractivity contribution is 4.88. The zero-order valence-electron chi connectivity index (χ0n) is 11.5. The van der Waals surface area contributed by atoms with Crippen LogP contribution in [-0.4, -0.2) is 5.92 Å². The van der Waals surface area contributed by atoms with Crippen LogP contribution in [0.5, 0.6) is 0 Å². The minimum atomic E-state index is -2.41. The molecular weight excluding hydrogens is 194 g/mol. The Hall–Kier alpha value is -0.140. The van der Waals surface area contributed by atoms with Gasteiger partial charge in [0.05, 0.1) is 0 Å². The van der Waals surface area contributed by atoms with E-state index in [1.807, 2.05) is 41.5 Å². The molecule has 1 aliphatic carbocycles. The first kappa shape index (κ1) is 17.3. The number of hydrogen-bond acceptors (Lipinski definition) is 0. The highest BCUT2D eigenvalue weighted by atomic mass is 19.3. The molecule has 1 saturated carbocycles. The van der Waals surface area contributed by atoms with E-state index in [9.17, 15) is 8.78 Å². The third-order valence-electron chi connectivity index (χ3n) is 2.99. The van der Waals surface area contributed by atoms with E-state index in [-0.39, 0.29) is 18.3 Å². The molecule has 0 saturated heterocycles. The summed E-state index contributed by atoms with van der Waals surface area (Å²) in [6.45, 7) is 13.9. The predicted octanol–water partition coefficient (Wildman–Crippen LogP) is 5.52. The standard InChI is InChI=1S/C9H16F2.2C2H6/c1-7-4-5-9(10,11)6-8(7,2)3;2*1-2/h7H,4-6H2,1-3H3;2*1-2H3. The molecule has 0 spiro atoms. The number of alkyl halides is 2. The van der Waals surface area contributed by atoms with E-state index in [0.29, 0.717) is 12.3 Å². The van der Waals surface area contributed by atoms with Crippen LogP contribution in [0.2, 0.25) is 0 Å². The SMILES string of the molecule is CC.CC.CC1CCC(F)(F)CC1(C)C. The molecule has 0 amide bonds. The van der Waals surface area contributed by atoms with Gasteiger partial charge in [0.25, 0.3) is 0 Å². The summed E-state index contributed by atoms with van der Waals surface area (Å²) in [5, 5.41) is 0. The Morgan fingerprint density at radius 2 is 1.40 bits per heavy atom. The van der Waals surface area contributed by atoms with Gasteiger partial charge in [0.15, 0.2) is 0 Å². The van der Waals surface area contributed by atoms with Crippen LogP contribution in [0.15, 0.2) is 0 Å². The Balaban J connectivity index is 0. The molecule has 1 rings (SSSR count). The third kappa shape index (κ3) is 6.11. The van der Waals surface area contributed by atoms with Crippen LogP contribution in [0.4, 0.5) is 8.78 Å². The van der Waals surface area contributed by atoms with Gasteiger partial charge in [-0.3, -0.25) is 0 Å². The summed E-state index contributed by atoms with van der Waals surface area (Å²) in [6.07, 6.45) is 0.804. The zero-order chi connectivity index (χ0) is 12.7. The van der Waals surface area contributed by atoms with Gasteiger partial charge in [-0.05, 0) is 17.8 Å². The van der Waals surface area contributed by atoms with E-state index in [1.165, 1.54) is 0 Å². The Morgan fingerprint density at radius 1 is 1.00 bits per heavy atom. The lowest BCUT2D eigenvalue weighted by Crippen LogP contribution is -2.36. The molecule has 0 N–H and O–H groups in total. The van der Waals surface area contributed by atoms with Crippen molar-refractivity contribution in [2.75, 3.05) is 0 Å². The molecule has 0 bridgehead atoms. The summed E-state index contributed by atoms with van der Waals surface area (Å²) in [5.74, 6) is -1.97. The Morgan fingerprint density at radius 3 is 1.67 bits per heavy atom. The average molecular weight is 222 g/mol. The normalized spacial score (nSPS) is 26.6. The molecule has 1 atom stereocenters. The van der Waals surface area contributed by atoms with Gasteiger partial charge < -0.3 is 0 Å². The van der Waals surface area contributed by atoms with Crippen LogP contribution in [0.25, 0.3) is 0 Å². The number of rotatable bonds is 0. The maximum atomic E-state index is 12.9. The largest absolute Gasteiger partial charge is 0.248 e. The maximum absolute atomic E-state index is 12.9. The molecule has 94 valence electrons. The molecule has 0 aromatic rings. The highest BCUT2D eigenvalue weighted by Crippen LogP contribution is 2.47. The first-order chi connectivity index (χ1) is 6.83. The van der Waals surface area contributed by atoms with E-state index in [2.05, 4.69) is 6.92 Å². The van der Waals surface area contributed by atoms with E-state index >= 15 is 0 Å². The molecule has 1 aliphatic rings. The monoisotopic (exact) mass is 222 g/mol. The van der Waals surface area contributed by atoms with E-state index in [1.54, 1.807) is 0 Å². The van der Waals surface area contributed by atoms with Gasteiger partial charge >= 0.3 is 0 Å². The van der Waals surface area contributed by atoms with Gasteiger partial charge in [0, 0.05) is 12.8 Å². The highest BCUT2D eigenvalue weighted by Gasteiger charge is 2.43. The molecule has 1 fully saturated rings. The first-order valence-electron chi connectivity index (χ1n) is 6.21. The van der Waals surface area contributed by atoms with Crippen molar-refractivity contribution in [3.8, 4) is 0 Å². The second-order valence-corrected chi connectivity index (χ2v) is 4.46. The predicted molar refractivity (Wildman–Crippen MR) is 64.4 cm³/mol. The fourth-order valence-corrected chi connectivity index (χ4v) is 1.75. The lowest BCUT2D eigenvalue weighted by molar-refractivity contribution is -0.0921. The lowest BCUT2D eigenvalue weighted by Gasteiger charge is -2.40. The van der Waals surface area contributed by atoms with Crippen LogP contribution in [0.1, 0.15) is 67.7 Å². The summed E-state index contributed by atoms with van der Waals surface area (Å²) in [7, 11) is 0. The summed E-state index contributed by atoms with van der Waals surface area (Å²) in [6, 6.07) is 0. The van der Waals surface area contributed by atoms with Gasteiger partial charge in [-0.15, -0.1) is 0 Å². The van der Waals surface area contributed by atoms with Crippen molar-refractivity contribution in [2.24, 2.45) is 11.3 Å². The maximum Gasteiger partial charge on any atom is 0.248 e. The van der Waals surface area contributed by atoms with E-state index in [4.69, 9.17) is 0 Å². The summed E-state index contributed by atoms with van der Waals surface area (Å²) in [4.78, 5) is 0. The topological polar surface area (TPSA) is 0 Å². The van der Waals surface area contributed by atoms with Gasteiger partial charge in [0.1, 0.15) is 0 Å². The third-order valence-corrected chi connectivity index (χ3v) is 2.99. The molecule has 0 heterocycles. The Bertz CT molecular complexity index is 151. The Labute approximate surface area is 94.5 Å². The molecule has 0 aliphatic heterocycles. The number of halogens is 2. The quantitative estimate of drug-likeness (QED) is 0.506. The first-order valence-corrected chi connectivity index (χ1v) is 6.21. The van der Waals surface area contributed by atoms with Crippen molar-refractivity contribution in [3.63, 3.8) is 0 Å². The summed E-state index contributed by atoms with van der Waals surface area (Å²) < 4.78 is 25.7. The van der Waals surface area contributed by atoms with Gasteiger partial charge in [-0.1, -0.05) is 48.5 Å². The van der Waals surface area contributed by atoms with Gasteiger partial charge in [-0.25, -0.2) is 8.78 Å². The minimum absolute atomic E-state index is 0.0567. The van der Waals surface area contributed by atoms with Crippen molar-refractivity contribution in [1.29, 1.82) is 0 Å². The molecule has 0 radical (unpaired) electrons. The smallest absolute Gasteiger partial charge is 0.207 e. The summed E-state index contributed by atoms with van der Waals surface area (Å²) >= 11 is 0. The molecule has 2 heteroatoms. The minimum Gasteiger partial charge on any atom is -0.207 e. The van der Waals surface area contributed by atoms with Crippen molar-refractivity contribution in [3.05, 3.63) is 0 Å². The van der Waals surface area contributed by atoms with Crippen LogP contribution < -0.4 is 0 Å². The molecule has 15 heavy (non-hydrogen) atoms. The molecule has 0 aromatic heterocycles. The second-order valence-electron chi connectivity index (χ2n) is 4.46. The Kier molecular flexibility index (Phi) is 8.27.